The molecule has 1 aromatic carbocycles. The molecule has 0 aliphatic heterocycles. The number of aryl methyl sites for hydroxylation is 1. The van der Waals surface area contributed by atoms with E-state index >= 15 is 0 Å². The first-order valence-electron chi connectivity index (χ1n) is 5.37. The molecule has 0 aliphatic rings. The highest BCUT2D eigenvalue weighted by Gasteiger charge is 2.32. The molecular formula is C11H17O5P. The molecule has 0 radical (unpaired) electrons. The Kier molecular flexibility index (Phi) is 5.46. The maximum absolute atomic E-state index is 9.67. The molecule has 0 atom stereocenters. The number of hydrogen-bond acceptors (Lipinski definition) is 5. The van der Waals surface area contributed by atoms with E-state index in [0.29, 0.717) is 6.42 Å². The van der Waals surface area contributed by atoms with Gasteiger partial charge in [-0.25, -0.2) is 4.52 Å². The number of aliphatic hydroxyl groups is 2. The number of benzene rings is 1. The molecule has 17 heavy (non-hydrogen) atoms. The average Bonchev–Trinajstić information content (AvgIpc) is 2.25. The predicted molar refractivity (Wildman–Crippen MR) is 63.6 cm³/mol. The Morgan fingerprint density at radius 2 is 1.88 bits per heavy atom. The molecule has 0 bridgehead atoms. The summed E-state index contributed by atoms with van der Waals surface area (Å²) < 4.78 is 4.33. The third-order valence-corrected chi connectivity index (χ3v) is 2.79. The Morgan fingerprint density at radius 1 is 1.24 bits per heavy atom. The standard InChI is InChI=1S/C11H17O5P/c1-2-3-6-9-7-4-5-8-10(9)11(12,13)16-17(14)15/h4-5,7-8,12-15H,2-3,6H2,1H3. The first-order valence-corrected chi connectivity index (χ1v) is 6.54. The second-order valence-corrected chi connectivity index (χ2v) is 4.40. The van der Waals surface area contributed by atoms with Crippen molar-refractivity contribution in [2.24, 2.45) is 0 Å². The lowest BCUT2D eigenvalue weighted by atomic mass is 10.0. The molecule has 1 rings (SSSR count). The van der Waals surface area contributed by atoms with Crippen molar-refractivity contribution in [3.8, 4) is 0 Å². The fourth-order valence-electron chi connectivity index (χ4n) is 1.59. The molecule has 96 valence electrons. The van der Waals surface area contributed by atoms with Gasteiger partial charge in [0.2, 0.25) is 0 Å². The van der Waals surface area contributed by atoms with Gasteiger partial charge in [0.25, 0.3) is 0 Å². The van der Waals surface area contributed by atoms with E-state index in [0.717, 1.165) is 18.4 Å². The van der Waals surface area contributed by atoms with Gasteiger partial charge in [-0.15, -0.1) is 0 Å². The van der Waals surface area contributed by atoms with Crippen LogP contribution < -0.4 is 0 Å². The molecule has 0 aliphatic carbocycles. The summed E-state index contributed by atoms with van der Waals surface area (Å²) in [6.45, 7) is 2.03. The topological polar surface area (TPSA) is 90.2 Å². The van der Waals surface area contributed by atoms with Crippen LogP contribution in [0.4, 0.5) is 0 Å². The van der Waals surface area contributed by atoms with Crippen molar-refractivity contribution in [1.29, 1.82) is 0 Å². The van der Waals surface area contributed by atoms with Crippen molar-refractivity contribution < 1.29 is 24.5 Å². The van der Waals surface area contributed by atoms with Gasteiger partial charge in [0.05, 0.1) is 0 Å². The lowest BCUT2D eigenvalue weighted by molar-refractivity contribution is -0.307. The van der Waals surface area contributed by atoms with Gasteiger partial charge < -0.3 is 20.0 Å². The summed E-state index contributed by atoms with van der Waals surface area (Å²) in [4.78, 5) is 17.4. The maximum atomic E-state index is 9.67. The first kappa shape index (κ1) is 14.5. The van der Waals surface area contributed by atoms with Crippen molar-refractivity contribution in [3.05, 3.63) is 35.4 Å². The Hall–Kier alpha value is -0.550. The number of rotatable bonds is 6. The highest BCUT2D eigenvalue weighted by molar-refractivity contribution is 7.39. The van der Waals surface area contributed by atoms with Crippen molar-refractivity contribution in [2.75, 3.05) is 0 Å². The molecule has 0 heterocycles. The summed E-state index contributed by atoms with van der Waals surface area (Å²) in [5.74, 6) is -2.67. The predicted octanol–water partition coefficient (Wildman–Crippen LogP) is 1.35. The van der Waals surface area contributed by atoms with Crippen LogP contribution >= 0.6 is 8.60 Å². The average molecular weight is 260 g/mol. The van der Waals surface area contributed by atoms with Crippen LogP contribution in [0.3, 0.4) is 0 Å². The molecule has 0 aromatic heterocycles. The van der Waals surface area contributed by atoms with Crippen LogP contribution in [0.1, 0.15) is 30.9 Å². The van der Waals surface area contributed by atoms with Crippen molar-refractivity contribution >= 4 is 8.60 Å². The third kappa shape index (κ3) is 4.32. The zero-order valence-corrected chi connectivity index (χ0v) is 10.5. The van der Waals surface area contributed by atoms with E-state index in [2.05, 4.69) is 4.52 Å². The van der Waals surface area contributed by atoms with Crippen molar-refractivity contribution in [2.45, 2.75) is 32.2 Å². The van der Waals surface area contributed by atoms with E-state index in [9.17, 15) is 10.2 Å². The fraction of sp³-hybridized carbons (Fsp3) is 0.455. The zero-order chi connectivity index (χ0) is 12.9. The highest BCUT2D eigenvalue weighted by Crippen LogP contribution is 2.36. The van der Waals surface area contributed by atoms with Gasteiger partial charge in [0, 0.05) is 5.56 Å². The highest BCUT2D eigenvalue weighted by atomic mass is 31.2. The van der Waals surface area contributed by atoms with E-state index in [-0.39, 0.29) is 5.56 Å². The summed E-state index contributed by atoms with van der Waals surface area (Å²) >= 11 is 0. The molecule has 0 fully saturated rings. The normalized spacial score (nSPS) is 12.1. The second-order valence-electron chi connectivity index (χ2n) is 3.71. The minimum atomic E-state index is -2.84. The molecule has 4 N–H and O–H groups in total. The molecule has 0 saturated carbocycles. The molecule has 6 heteroatoms. The summed E-state index contributed by atoms with van der Waals surface area (Å²) in [7, 11) is -2.84. The number of unbranched alkanes of at least 4 members (excludes halogenated alkanes) is 1. The van der Waals surface area contributed by atoms with E-state index in [1.165, 1.54) is 6.07 Å². The summed E-state index contributed by atoms with van der Waals surface area (Å²) in [5.41, 5.74) is 0.861. The van der Waals surface area contributed by atoms with E-state index < -0.39 is 14.6 Å². The molecule has 5 nitrogen and oxygen atoms in total. The van der Waals surface area contributed by atoms with E-state index in [4.69, 9.17) is 9.79 Å². The fourth-order valence-corrected chi connectivity index (χ4v) is 1.91. The largest absolute Gasteiger partial charge is 0.339 e. The Labute approximate surface area is 101 Å². The van der Waals surface area contributed by atoms with Crippen molar-refractivity contribution in [3.63, 3.8) is 0 Å². The summed E-state index contributed by atoms with van der Waals surface area (Å²) in [6, 6.07) is 6.66. The van der Waals surface area contributed by atoms with Gasteiger partial charge in [-0.05, 0) is 18.4 Å². The molecule has 0 saturated heterocycles. The Bertz CT molecular complexity index is 353. The van der Waals surface area contributed by atoms with E-state index in [1.54, 1.807) is 18.2 Å². The van der Waals surface area contributed by atoms with Gasteiger partial charge in [-0.2, -0.15) is 0 Å². The van der Waals surface area contributed by atoms with E-state index in [1.807, 2.05) is 6.92 Å². The molecule has 0 amide bonds. The lowest BCUT2D eigenvalue weighted by Gasteiger charge is -2.24. The van der Waals surface area contributed by atoms with Crippen LogP contribution in [-0.4, -0.2) is 20.0 Å². The van der Waals surface area contributed by atoms with Crippen LogP contribution in [0.15, 0.2) is 24.3 Å². The van der Waals surface area contributed by atoms with Crippen LogP contribution in [0.5, 0.6) is 0 Å². The molecule has 0 unspecified atom stereocenters. The SMILES string of the molecule is CCCCc1ccccc1C(O)(O)OP(O)O. The molecule has 1 aromatic rings. The molecular weight excluding hydrogens is 243 g/mol. The smallest absolute Gasteiger partial charge is 0.331 e. The Balaban J connectivity index is 2.94. The van der Waals surface area contributed by atoms with Crippen LogP contribution in [0.2, 0.25) is 0 Å². The van der Waals surface area contributed by atoms with Gasteiger partial charge in [0.1, 0.15) is 0 Å². The first-order chi connectivity index (χ1) is 7.97. The van der Waals surface area contributed by atoms with Crippen molar-refractivity contribution in [1.82, 2.24) is 0 Å². The maximum Gasteiger partial charge on any atom is 0.331 e. The quantitative estimate of drug-likeness (QED) is 0.458. The lowest BCUT2D eigenvalue weighted by Crippen LogP contribution is -2.28. The minimum Gasteiger partial charge on any atom is -0.339 e. The molecule has 0 spiro atoms. The van der Waals surface area contributed by atoms with Crippen LogP contribution in [-0.2, 0) is 16.9 Å². The summed E-state index contributed by atoms with van der Waals surface area (Å²) in [5, 5.41) is 19.3. The minimum absolute atomic E-state index is 0.143. The second kappa shape index (κ2) is 6.40. The zero-order valence-electron chi connectivity index (χ0n) is 9.58. The monoisotopic (exact) mass is 260 g/mol. The number of hydrogen-bond donors (Lipinski definition) is 4. The third-order valence-electron chi connectivity index (χ3n) is 2.38. The van der Waals surface area contributed by atoms with Gasteiger partial charge in [-0.3, -0.25) is 0 Å². The van der Waals surface area contributed by atoms with Crippen LogP contribution in [0, 0.1) is 0 Å². The van der Waals surface area contributed by atoms with Gasteiger partial charge in [-0.1, -0.05) is 37.6 Å². The van der Waals surface area contributed by atoms with Gasteiger partial charge in [0.15, 0.2) is 0 Å². The van der Waals surface area contributed by atoms with Crippen LogP contribution in [0.25, 0.3) is 0 Å². The summed E-state index contributed by atoms with van der Waals surface area (Å²) in [6.07, 6.45) is 2.56. The van der Waals surface area contributed by atoms with Gasteiger partial charge >= 0.3 is 14.6 Å². The Morgan fingerprint density at radius 3 is 2.47 bits per heavy atom.